The average Bonchev–Trinajstić information content (AvgIpc) is 3.23. The average molecular weight is 438 g/mol. The van der Waals surface area contributed by atoms with E-state index in [-0.39, 0.29) is 17.2 Å². The van der Waals surface area contributed by atoms with Crippen molar-refractivity contribution in [3.63, 3.8) is 0 Å². The van der Waals surface area contributed by atoms with Gasteiger partial charge in [0.15, 0.2) is 5.82 Å². The summed E-state index contributed by atoms with van der Waals surface area (Å²) in [5.41, 5.74) is 5.51. The molecule has 2 aromatic carbocycles. The first-order chi connectivity index (χ1) is 15.2. The van der Waals surface area contributed by atoms with E-state index in [1.54, 1.807) is 0 Å². The van der Waals surface area contributed by atoms with Gasteiger partial charge >= 0.3 is 0 Å². The van der Waals surface area contributed by atoms with Crippen molar-refractivity contribution in [2.75, 3.05) is 25.1 Å². The molecule has 0 spiro atoms. The minimum Gasteiger partial charge on any atom is -0.494 e. The highest BCUT2D eigenvalue weighted by Gasteiger charge is 2.39. The summed E-state index contributed by atoms with van der Waals surface area (Å²) < 4.78 is 7.49. The molecule has 1 amide bonds. The van der Waals surface area contributed by atoms with Crippen molar-refractivity contribution in [1.82, 2.24) is 19.8 Å². The molecule has 8 heteroatoms. The van der Waals surface area contributed by atoms with E-state index in [0.717, 1.165) is 22.7 Å². The molecule has 2 atom stereocenters. The molecule has 4 rings (SSSR count). The Labute approximate surface area is 186 Å². The SMILES string of the molecule is CCOc1ccc([C@@H]2Nn3c(nnc3-c3ccccc3)S[C@@H]2C(=O)N(CC)CC)cc1. The number of carbonyl (C=O) groups is 1. The molecule has 0 aliphatic carbocycles. The predicted molar refractivity (Wildman–Crippen MR) is 123 cm³/mol. The quantitative estimate of drug-likeness (QED) is 0.603. The summed E-state index contributed by atoms with van der Waals surface area (Å²) in [4.78, 5) is 15.2. The van der Waals surface area contributed by atoms with Gasteiger partial charge in [-0.05, 0) is 38.5 Å². The second-order valence-electron chi connectivity index (χ2n) is 7.17. The predicted octanol–water partition coefficient (Wildman–Crippen LogP) is 3.97. The van der Waals surface area contributed by atoms with E-state index in [2.05, 4.69) is 15.6 Å². The van der Waals surface area contributed by atoms with Crippen LogP contribution in [0.3, 0.4) is 0 Å². The molecule has 0 fully saturated rings. The molecule has 1 N–H and O–H groups in total. The number of aromatic nitrogens is 3. The zero-order valence-electron chi connectivity index (χ0n) is 18.0. The van der Waals surface area contributed by atoms with E-state index in [9.17, 15) is 4.79 Å². The van der Waals surface area contributed by atoms with Crippen molar-refractivity contribution in [3.8, 4) is 17.1 Å². The van der Waals surface area contributed by atoms with Crippen molar-refractivity contribution < 1.29 is 9.53 Å². The monoisotopic (exact) mass is 437 g/mol. The molecule has 0 unspecified atom stereocenters. The second kappa shape index (κ2) is 9.43. The zero-order valence-corrected chi connectivity index (χ0v) is 18.8. The van der Waals surface area contributed by atoms with Crippen molar-refractivity contribution >= 4 is 17.7 Å². The Balaban J connectivity index is 1.73. The summed E-state index contributed by atoms with van der Waals surface area (Å²) in [7, 11) is 0. The van der Waals surface area contributed by atoms with Crippen molar-refractivity contribution in [3.05, 3.63) is 60.2 Å². The van der Waals surface area contributed by atoms with Crippen LogP contribution in [0.5, 0.6) is 5.75 Å². The third-order valence-corrected chi connectivity index (χ3v) is 6.54. The van der Waals surface area contributed by atoms with Crippen molar-refractivity contribution in [2.45, 2.75) is 37.2 Å². The number of hydrogen-bond donors (Lipinski definition) is 1. The Hall–Kier alpha value is -3.00. The standard InChI is InChI=1S/C23H27N5O2S/c1-4-27(5-2)22(29)20-19(16-12-14-18(15-13-16)30-6-3)26-28-21(24-25-23(28)31-20)17-10-8-7-9-11-17/h7-15,19-20,26H,4-6H2,1-3H3/t19-,20-/m0/s1. The fraction of sp³-hybridized carbons (Fsp3) is 0.348. The molecule has 1 aromatic heterocycles. The van der Waals surface area contributed by atoms with Crippen LogP contribution < -0.4 is 10.2 Å². The zero-order chi connectivity index (χ0) is 21.8. The topological polar surface area (TPSA) is 72.3 Å². The summed E-state index contributed by atoms with van der Waals surface area (Å²) >= 11 is 1.46. The van der Waals surface area contributed by atoms with Crippen LogP contribution in [0.4, 0.5) is 0 Å². The van der Waals surface area contributed by atoms with Crippen LogP contribution in [0.2, 0.25) is 0 Å². The Morgan fingerprint density at radius 1 is 1.06 bits per heavy atom. The Bertz CT molecular complexity index is 1020. The number of hydrogen-bond acceptors (Lipinski definition) is 6. The molecule has 162 valence electrons. The van der Waals surface area contributed by atoms with E-state index in [4.69, 9.17) is 4.74 Å². The van der Waals surface area contributed by atoms with E-state index in [1.807, 2.05) is 84.9 Å². The van der Waals surface area contributed by atoms with Gasteiger partial charge in [-0.3, -0.25) is 4.79 Å². The van der Waals surface area contributed by atoms with Gasteiger partial charge in [-0.1, -0.05) is 54.2 Å². The van der Waals surface area contributed by atoms with Gasteiger partial charge in [0, 0.05) is 18.7 Å². The molecule has 1 aliphatic heterocycles. The lowest BCUT2D eigenvalue weighted by Gasteiger charge is -2.35. The van der Waals surface area contributed by atoms with E-state index in [1.165, 1.54) is 11.8 Å². The minimum atomic E-state index is -0.349. The summed E-state index contributed by atoms with van der Waals surface area (Å²) in [6.45, 7) is 7.93. The Morgan fingerprint density at radius 3 is 2.42 bits per heavy atom. The molecule has 2 heterocycles. The van der Waals surface area contributed by atoms with Crippen molar-refractivity contribution in [2.24, 2.45) is 0 Å². The summed E-state index contributed by atoms with van der Waals surface area (Å²) in [6, 6.07) is 17.6. The summed E-state index contributed by atoms with van der Waals surface area (Å²) in [6.07, 6.45) is 0. The van der Waals surface area contributed by atoms with Crippen LogP contribution in [0, 0.1) is 0 Å². The second-order valence-corrected chi connectivity index (χ2v) is 8.27. The molecular weight excluding hydrogens is 410 g/mol. The lowest BCUT2D eigenvalue weighted by molar-refractivity contribution is -0.130. The van der Waals surface area contributed by atoms with Crippen LogP contribution in [-0.4, -0.2) is 50.6 Å². The van der Waals surface area contributed by atoms with Crippen molar-refractivity contribution in [1.29, 1.82) is 0 Å². The number of rotatable bonds is 7. The first-order valence-corrected chi connectivity index (χ1v) is 11.5. The number of amides is 1. The minimum absolute atomic E-state index is 0.0943. The molecule has 7 nitrogen and oxygen atoms in total. The van der Waals surface area contributed by atoms with Crippen LogP contribution in [0.25, 0.3) is 11.4 Å². The first-order valence-electron chi connectivity index (χ1n) is 10.6. The lowest BCUT2D eigenvalue weighted by Crippen LogP contribution is -2.46. The van der Waals surface area contributed by atoms with Gasteiger partial charge in [-0.15, -0.1) is 10.2 Å². The maximum absolute atomic E-state index is 13.4. The van der Waals surface area contributed by atoms with E-state index < -0.39 is 0 Å². The van der Waals surface area contributed by atoms with E-state index >= 15 is 0 Å². The third-order valence-electron chi connectivity index (χ3n) is 5.34. The number of benzene rings is 2. The molecule has 0 saturated carbocycles. The number of carbonyl (C=O) groups excluding carboxylic acids is 1. The number of ether oxygens (including phenoxy) is 1. The van der Waals surface area contributed by atoms with Gasteiger partial charge in [0.1, 0.15) is 11.0 Å². The first kappa shape index (κ1) is 21.2. The van der Waals surface area contributed by atoms with Gasteiger partial charge in [0.25, 0.3) is 0 Å². The Morgan fingerprint density at radius 2 is 1.77 bits per heavy atom. The molecule has 0 bridgehead atoms. The maximum atomic E-state index is 13.4. The number of nitrogens with one attached hydrogen (secondary N) is 1. The van der Waals surface area contributed by atoms with Crippen LogP contribution in [-0.2, 0) is 4.79 Å². The number of fused-ring (bicyclic) bond motifs is 1. The maximum Gasteiger partial charge on any atom is 0.238 e. The highest BCUT2D eigenvalue weighted by Crippen LogP contribution is 2.39. The molecule has 3 aromatic rings. The third kappa shape index (κ3) is 4.25. The van der Waals surface area contributed by atoms with Crippen LogP contribution in [0.15, 0.2) is 59.8 Å². The highest BCUT2D eigenvalue weighted by atomic mass is 32.2. The fourth-order valence-corrected chi connectivity index (χ4v) is 4.88. The summed E-state index contributed by atoms with van der Waals surface area (Å²) in [5, 5.41) is 9.10. The normalized spacial score (nSPS) is 17.5. The van der Waals surface area contributed by atoms with Crippen LogP contribution in [0.1, 0.15) is 32.4 Å². The van der Waals surface area contributed by atoms with Gasteiger partial charge in [-0.2, -0.15) is 0 Å². The van der Waals surface area contributed by atoms with E-state index in [0.29, 0.717) is 24.9 Å². The van der Waals surface area contributed by atoms with Crippen LogP contribution >= 0.6 is 11.8 Å². The number of nitrogens with zero attached hydrogens (tertiary/aromatic N) is 4. The summed E-state index contributed by atoms with van der Waals surface area (Å²) in [5.74, 6) is 1.64. The molecule has 0 saturated heterocycles. The van der Waals surface area contributed by atoms with Gasteiger partial charge < -0.3 is 15.1 Å². The smallest absolute Gasteiger partial charge is 0.238 e. The highest BCUT2D eigenvalue weighted by molar-refractivity contribution is 8.00. The van der Waals surface area contributed by atoms with Gasteiger partial charge in [-0.25, -0.2) is 4.68 Å². The molecule has 1 aliphatic rings. The molecule has 0 radical (unpaired) electrons. The fourth-order valence-electron chi connectivity index (χ4n) is 3.72. The largest absolute Gasteiger partial charge is 0.494 e. The lowest BCUT2D eigenvalue weighted by atomic mass is 10.0. The van der Waals surface area contributed by atoms with Gasteiger partial charge in [0.2, 0.25) is 11.1 Å². The Kier molecular flexibility index (Phi) is 6.46. The van der Waals surface area contributed by atoms with Gasteiger partial charge in [0.05, 0.1) is 12.6 Å². The molecular formula is C23H27N5O2S. The molecule has 31 heavy (non-hydrogen) atoms. The number of thioether (sulfide) groups is 1.